The van der Waals surface area contributed by atoms with Crippen molar-refractivity contribution >= 4 is 28.0 Å². The zero-order valence-electron chi connectivity index (χ0n) is 18.7. The summed E-state index contributed by atoms with van der Waals surface area (Å²) < 4.78 is 36.4. The first-order valence-electron chi connectivity index (χ1n) is 9.47. The number of azide groups is 1. The van der Waals surface area contributed by atoms with Gasteiger partial charge in [-0.25, -0.2) is 17.5 Å². The molecular formula is C19H27N5O7S. The predicted octanol–water partition coefficient (Wildman–Crippen LogP) is 2.28. The summed E-state index contributed by atoms with van der Waals surface area (Å²) in [5.41, 5.74) is 8.67. The molecule has 0 heterocycles. The molecule has 1 aromatic rings. The third-order valence-electron chi connectivity index (χ3n) is 3.96. The topological polar surface area (TPSA) is 168 Å². The van der Waals surface area contributed by atoms with E-state index in [1.54, 1.807) is 27.7 Å². The van der Waals surface area contributed by atoms with Crippen LogP contribution < -0.4 is 5.32 Å². The maximum absolute atomic E-state index is 13.2. The number of sulfonamides is 1. The summed E-state index contributed by atoms with van der Waals surface area (Å²) in [6.07, 6.45) is -0.939. The van der Waals surface area contributed by atoms with Gasteiger partial charge in [-0.3, -0.25) is 9.59 Å². The number of ether oxygens (including phenoxy) is 2. The number of nitrogens with one attached hydrogen (secondary N) is 1. The molecule has 13 heteroatoms. The van der Waals surface area contributed by atoms with Gasteiger partial charge in [-0.15, -0.1) is 0 Å². The summed E-state index contributed by atoms with van der Waals surface area (Å²) in [7, 11) is -3.46. The molecule has 0 fully saturated rings. The number of esters is 1. The second-order valence-corrected chi connectivity index (χ2v) is 9.66. The molecule has 32 heavy (non-hydrogen) atoms. The van der Waals surface area contributed by atoms with E-state index in [1.165, 1.54) is 31.2 Å². The molecule has 0 spiro atoms. The number of carbonyl (C=O) groups is 3. The number of aryl methyl sites for hydroxylation is 1. The molecule has 0 aromatic heterocycles. The van der Waals surface area contributed by atoms with E-state index in [-0.39, 0.29) is 4.90 Å². The SMILES string of the molecule is COC(=O)[C@H](CN(C(=O)[C@H](C)NC(=O)OC(C)(C)C)S(=O)(=O)c1ccc(C)cc1)N=[N+]=[N-]. The fourth-order valence-corrected chi connectivity index (χ4v) is 3.89. The minimum absolute atomic E-state index is 0.231. The molecule has 0 radical (unpaired) electrons. The van der Waals surface area contributed by atoms with Gasteiger partial charge in [-0.2, -0.15) is 0 Å². The average Bonchev–Trinajstić information content (AvgIpc) is 2.68. The van der Waals surface area contributed by atoms with Gasteiger partial charge in [-0.1, -0.05) is 22.8 Å². The Morgan fingerprint density at radius 2 is 1.78 bits per heavy atom. The molecule has 1 rings (SSSR count). The minimum Gasteiger partial charge on any atom is -0.469 e. The number of rotatable bonds is 8. The van der Waals surface area contributed by atoms with Crippen molar-refractivity contribution in [3.63, 3.8) is 0 Å². The van der Waals surface area contributed by atoms with Crippen LogP contribution >= 0.6 is 0 Å². The van der Waals surface area contributed by atoms with Crippen molar-refractivity contribution < 1.29 is 32.3 Å². The number of benzene rings is 1. The second-order valence-electron chi connectivity index (χ2n) is 7.80. The largest absolute Gasteiger partial charge is 0.469 e. The first-order valence-corrected chi connectivity index (χ1v) is 10.9. The van der Waals surface area contributed by atoms with Gasteiger partial charge in [0.2, 0.25) is 0 Å². The Morgan fingerprint density at radius 3 is 2.25 bits per heavy atom. The van der Waals surface area contributed by atoms with E-state index < -0.39 is 52.2 Å². The Morgan fingerprint density at radius 1 is 1.22 bits per heavy atom. The number of hydrogen-bond acceptors (Lipinski definition) is 8. The van der Waals surface area contributed by atoms with Crippen LogP contribution in [0.1, 0.15) is 33.3 Å². The normalized spacial score (nSPS) is 13.2. The second kappa shape index (κ2) is 10.8. The molecule has 0 saturated carbocycles. The summed E-state index contributed by atoms with van der Waals surface area (Å²) in [6.45, 7) is 7.04. The molecule has 1 aromatic carbocycles. The maximum atomic E-state index is 13.2. The van der Waals surface area contributed by atoms with Crippen molar-refractivity contribution in [2.24, 2.45) is 5.11 Å². The van der Waals surface area contributed by atoms with Crippen LogP contribution in [0, 0.1) is 6.92 Å². The lowest BCUT2D eigenvalue weighted by Gasteiger charge is -2.28. The lowest BCUT2D eigenvalue weighted by atomic mass is 10.2. The number of alkyl carbamates (subject to hydrolysis) is 1. The van der Waals surface area contributed by atoms with E-state index >= 15 is 0 Å². The van der Waals surface area contributed by atoms with Crippen LogP contribution in [0.4, 0.5) is 4.79 Å². The van der Waals surface area contributed by atoms with Gasteiger partial charge < -0.3 is 14.8 Å². The number of nitrogens with zero attached hydrogens (tertiary/aromatic N) is 4. The Kier molecular flexibility index (Phi) is 9.04. The third-order valence-corrected chi connectivity index (χ3v) is 5.74. The molecular weight excluding hydrogens is 442 g/mol. The number of methoxy groups -OCH3 is 1. The highest BCUT2D eigenvalue weighted by Crippen LogP contribution is 2.19. The Balaban J connectivity index is 3.36. The third kappa shape index (κ3) is 7.43. The molecule has 0 bridgehead atoms. The predicted molar refractivity (Wildman–Crippen MR) is 114 cm³/mol. The summed E-state index contributed by atoms with van der Waals surface area (Å²) in [5, 5.41) is 5.50. The molecule has 0 saturated heterocycles. The summed E-state index contributed by atoms with van der Waals surface area (Å²) in [5.74, 6) is -2.11. The lowest BCUT2D eigenvalue weighted by molar-refractivity contribution is -0.142. The van der Waals surface area contributed by atoms with Crippen molar-refractivity contribution in [1.29, 1.82) is 0 Å². The van der Waals surface area contributed by atoms with Crippen molar-refractivity contribution in [2.75, 3.05) is 13.7 Å². The highest BCUT2D eigenvalue weighted by atomic mass is 32.2. The average molecular weight is 470 g/mol. The van der Waals surface area contributed by atoms with Crippen LogP contribution in [0.15, 0.2) is 34.3 Å². The van der Waals surface area contributed by atoms with Crippen molar-refractivity contribution in [1.82, 2.24) is 9.62 Å². The van der Waals surface area contributed by atoms with Crippen LogP contribution in [0.25, 0.3) is 10.4 Å². The van der Waals surface area contributed by atoms with Gasteiger partial charge in [-0.05, 0) is 52.3 Å². The van der Waals surface area contributed by atoms with E-state index in [0.29, 0.717) is 4.31 Å². The summed E-state index contributed by atoms with van der Waals surface area (Å²) >= 11 is 0. The minimum atomic E-state index is -4.49. The van der Waals surface area contributed by atoms with Crippen molar-refractivity contribution in [2.45, 2.75) is 57.2 Å². The van der Waals surface area contributed by atoms with Gasteiger partial charge >= 0.3 is 12.1 Å². The van der Waals surface area contributed by atoms with E-state index in [9.17, 15) is 22.8 Å². The quantitative estimate of drug-likeness (QED) is 0.263. The molecule has 0 aliphatic carbocycles. The van der Waals surface area contributed by atoms with Crippen molar-refractivity contribution in [3.8, 4) is 0 Å². The van der Waals surface area contributed by atoms with Gasteiger partial charge in [0.1, 0.15) is 11.6 Å². The van der Waals surface area contributed by atoms with Crippen LogP contribution in [-0.2, 0) is 29.1 Å². The number of carbonyl (C=O) groups excluding carboxylic acids is 3. The summed E-state index contributed by atoms with van der Waals surface area (Å²) in [6, 6.07) is 2.65. The smallest absolute Gasteiger partial charge is 0.408 e. The highest BCUT2D eigenvalue weighted by Gasteiger charge is 2.37. The molecule has 0 aliphatic rings. The fourth-order valence-electron chi connectivity index (χ4n) is 2.42. The lowest BCUT2D eigenvalue weighted by Crippen LogP contribution is -2.52. The maximum Gasteiger partial charge on any atom is 0.408 e. The first-order chi connectivity index (χ1) is 14.7. The van der Waals surface area contributed by atoms with E-state index in [0.717, 1.165) is 12.7 Å². The van der Waals surface area contributed by atoms with Crippen LogP contribution in [-0.4, -0.2) is 62.0 Å². The summed E-state index contributed by atoms with van der Waals surface area (Å²) in [4.78, 5) is 39.4. The van der Waals surface area contributed by atoms with E-state index in [1.807, 2.05) is 0 Å². The number of hydrogen-bond donors (Lipinski definition) is 1. The molecule has 2 atom stereocenters. The van der Waals surface area contributed by atoms with Gasteiger partial charge in [0.25, 0.3) is 15.9 Å². The Hall–Kier alpha value is -3.31. The molecule has 0 unspecified atom stereocenters. The van der Waals surface area contributed by atoms with Crippen molar-refractivity contribution in [3.05, 3.63) is 40.3 Å². The van der Waals surface area contributed by atoms with Gasteiger partial charge in [0, 0.05) is 4.91 Å². The van der Waals surface area contributed by atoms with Crippen LogP contribution in [0.5, 0.6) is 0 Å². The molecule has 1 N–H and O–H groups in total. The first kappa shape index (κ1) is 26.7. The van der Waals surface area contributed by atoms with E-state index in [2.05, 4.69) is 20.1 Å². The van der Waals surface area contributed by atoms with E-state index in [4.69, 9.17) is 10.3 Å². The standard InChI is InChI=1S/C19H27N5O7S/c1-12-7-9-14(10-8-12)32(28,29)24(11-15(22-23-20)17(26)30-6)16(25)13(2)21-18(27)31-19(3,4)5/h7-10,13,15H,11H2,1-6H3,(H,21,27)/t13-,15-/m0/s1. The number of amides is 2. The zero-order chi connectivity index (χ0) is 24.7. The molecule has 12 nitrogen and oxygen atoms in total. The van der Waals surface area contributed by atoms with Gasteiger partial charge in [0.05, 0.1) is 18.6 Å². The Labute approximate surface area is 186 Å². The van der Waals surface area contributed by atoms with Crippen LogP contribution in [0.2, 0.25) is 0 Å². The zero-order valence-corrected chi connectivity index (χ0v) is 19.5. The molecule has 176 valence electrons. The molecule has 0 aliphatic heterocycles. The van der Waals surface area contributed by atoms with Gasteiger partial charge in [0.15, 0.2) is 6.04 Å². The molecule has 2 amide bonds. The van der Waals surface area contributed by atoms with Crippen LogP contribution in [0.3, 0.4) is 0 Å². The monoisotopic (exact) mass is 469 g/mol. The Bertz CT molecular complexity index is 996. The fraction of sp³-hybridized carbons (Fsp3) is 0.526. The highest BCUT2D eigenvalue weighted by molar-refractivity contribution is 7.89.